The molecule has 0 bridgehead atoms. The van der Waals surface area contributed by atoms with Crippen molar-refractivity contribution in [3.8, 4) is 0 Å². The number of nitrogens with one attached hydrogen (secondary N) is 1. The lowest BCUT2D eigenvalue weighted by atomic mass is 10.1. The minimum atomic E-state index is -0.00152. The molecule has 2 aromatic rings. The Hall–Kier alpha value is -1.11. The van der Waals surface area contributed by atoms with E-state index in [9.17, 15) is 4.79 Å². The number of hydrogen-bond donors (Lipinski definition) is 2. The molecule has 1 atom stereocenters. The van der Waals surface area contributed by atoms with Gasteiger partial charge in [0, 0.05) is 18.2 Å². The Balaban J connectivity index is 1.68. The maximum absolute atomic E-state index is 11.9. The second kappa shape index (κ2) is 5.71. The summed E-state index contributed by atoms with van der Waals surface area (Å²) in [7, 11) is 0. The van der Waals surface area contributed by atoms with Crippen LogP contribution in [-0.4, -0.2) is 23.2 Å². The standard InChI is InChI=1S/C14H17N3OS2/c1-19-14-17-11-5-4-9(6-12(11)20-14)16-13(18)7-10(15)8-2-3-8/h4-6,8,10H,2-3,7,15H2,1H3,(H,16,18). The number of nitrogens with two attached hydrogens (primary N) is 1. The van der Waals surface area contributed by atoms with E-state index in [-0.39, 0.29) is 11.9 Å². The minimum absolute atomic E-state index is 0.00152. The van der Waals surface area contributed by atoms with Gasteiger partial charge in [0.2, 0.25) is 5.91 Å². The molecule has 1 unspecified atom stereocenters. The predicted octanol–water partition coefficient (Wildman–Crippen LogP) is 3.08. The molecule has 1 aromatic heterocycles. The lowest BCUT2D eigenvalue weighted by molar-refractivity contribution is -0.116. The molecule has 1 amide bonds. The highest BCUT2D eigenvalue weighted by Crippen LogP contribution is 2.33. The van der Waals surface area contributed by atoms with Gasteiger partial charge >= 0.3 is 0 Å². The van der Waals surface area contributed by atoms with Gasteiger partial charge in [0.15, 0.2) is 4.34 Å². The SMILES string of the molecule is CSc1nc2ccc(NC(=O)CC(N)C3CC3)cc2s1. The summed E-state index contributed by atoms with van der Waals surface area (Å²) in [6, 6.07) is 5.83. The topological polar surface area (TPSA) is 68.0 Å². The number of fused-ring (bicyclic) bond motifs is 1. The van der Waals surface area contributed by atoms with Crippen molar-refractivity contribution in [2.24, 2.45) is 11.7 Å². The van der Waals surface area contributed by atoms with Gasteiger partial charge in [-0.3, -0.25) is 4.79 Å². The molecule has 1 heterocycles. The van der Waals surface area contributed by atoms with Gasteiger partial charge in [-0.05, 0) is 43.2 Å². The molecule has 3 rings (SSSR count). The molecule has 106 valence electrons. The Kier molecular flexibility index (Phi) is 3.96. The number of benzene rings is 1. The third-order valence-corrected chi connectivity index (χ3v) is 5.48. The Bertz CT molecular complexity index is 636. The van der Waals surface area contributed by atoms with Crippen LogP contribution in [0.25, 0.3) is 10.2 Å². The first-order chi connectivity index (χ1) is 9.65. The molecule has 0 spiro atoms. The molecule has 1 aliphatic carbocycles. The van der Waals surface area contributed by atoms with Crippen LogP contribution in [0, 0.1) is 5.92 Å². The molecule has 0 saturated heterocycles. The van der Waals surface area contributed by atoms with E-state index in [1.54, 1.807) is 23.1 Å². The van der Waals surface area contributed by atoms with Crippen molar-refractivity contribution in [1.29, 1.82) is 0 Å². The fourth-order valence-corrected chi connectivity index (χ4v) is 3.71. The molecular formula is C14H17N3OS2. The van der Waals surface area contributed by atoms with Crippen LogP contribution in [0.2, 0.25) is 0 Å². The number of hydrogen-bond acceptors (Lipinski definition) is 5. The van der Waals surface area contributed by atoms with Gasteiger partial charge in [-0.25, -0.2) is 4.98 Å². The second-order valence-corrected chi connectivity index (χ2v) is 7.20. The van der Waals surface area contributed by atoms with E-state index < -0.39 is 0 Å². The number of nitrogens with zero attached hydrogens (tertiary/aromatic N) is 1. The van der Waals surface area contributed by atoms with Crippen LogP contribution >= 0.6 is 23.1 Å². The van der Waals surface area contributed by atoms with E-state index in [2.05, 4.69) is 10.3 Å². The highest BCUT2D eigenvalue weighted by atomic mass is 32.2. The maximum atomic E-state index is 11.9. The van der Waals surface area contributed by atoms with Crippen LogP contribution in [0.3, 0.4) is 0 Å². The third kappa shape index (κ3) is 3.13. The summed E-state index contributed by atoms with van der Waals surface area (Å²) in [5.41, 5.74) is 7.77. The fourth-order valence-electron chi connectivity index (χ4n) is 2.19. The van der Waals surface area contributed by atoms with Gasteiger partial charge in [0.25, 0.3) is 0 Å². The number of anilines is 1. The van der Waals surface area contributed by atoms with E-state index in [1.807, 2.05) is 24.5 Å². The van der Waals surface area contributed by atoms with Crippen LogP contribution in [-0.2, 0) is 4.79 Å². The van der Waals surface area contributed by atoms with Gasteiger partial charge in [-0.1, -0.05) is 11.8 Å². The van der Waals surface area contributed by atoms with Crippen molar-refractivity contribution in [2.45, 2.75) is 29.6 Å². The van der Waals surface area contributed by atoms with Gasteiger partial charge in [0.1, 0.15) is 0 Å². The molecule has 3 N–H and O–H groups in total. The van der Waals surface area contributed by atoms with Gasteiger partial charge in [0.05, 0.1) is 10.2 Å². The highest BCUT2D eigenvalue weighted by Gasteiger charge is 2.29. The number of carbonyl (C=O) groups excluding carboxylic acids is 1. The summed E-state index contributed by atoms with van der Waals surface area (Å²) in [5.74, 6) is 0.548. The van der Waals surface area contributed by atoms with E-state index in [0.717, 1.165) is 20.2 Å². The lowest BCUT2D eigenvalue weighted by Crippen LogP contribution is -2.28. The van der Waals surface area contributed by atoms with Crippen molar-refractivity contribution in [3.63, 3.8) is 0 Å². The van der Waals surface area contributed by atoms with Gasteiger partial charge < -0.3 is 11.1 Å². The molecule has 4 nitrogen and oxygen atoms in total. The normalized spacial score (nSPS) is 16.3. The molecule has 20 heavy (non-hydrogen) atoms. The Morgan fingerprint density at radius 2 is 2.40 bits per heavy atom. The summed E-state index contributed by atoms with van der Waals surface area (Å²) < 4.78 is 2.14. The number of aromatic nitrogens is 1. The first-order valence-electron chi connectivity index (χ1n) is 6.65. The summed E-state index contributed by atoms with van der Waals surface area (Å²) >= 11 is 3.28. The van der Waals surface area contributed by atoms with Gasteiger partial charge in [-0.2, -0.15) is 0 Å². The first-order valence-corrected chi connectivity index (χ1v) is 8.70. The molecular weight excluding hydrogens is 290 g/mol. The van der Waals surface area contributed by atoms with Gasteiger partial charge in [-0.15, -0.1) is 11.3 Å². The highest BCUT2D eigenvalue weighted by molar-refractivity contribution is 8.00. The van der Waals surface area contributed by atoms with E-state index in [1.165, 1.54) is 12.8 Å². The zero-order valence-corrected chi connectivity index (χ0v) is 12.9. The average molecular weight is 307 g/mol. The third-order valence-electron chi connectivity index (χ3n) is 3.48. The van der Waals surface area contributed by atoms with Crippen LogP contribution < -0.4 is 11.1 Å². The Morgan fingerprint density at radius 3 is 3.10 bits per heavy atom. The summed E-state index contributed by atoms with van der Waals surface area (Å²) in [6.45, 7) is 0. The quantitative estimate of drug-likeness (QED) is 0.833. The average Bonchev–Trinajstić information content (AvgIpc) is 3.18. The summed E-state index contributed by atoms with van der Waals surface area (Å²) in [5, 5.41) is 2.93. The number of amides is 1. The second-order valence-electron chi connectivity index (χ2n) is 5.12. The summed E-state index contributed by atoms with van der Waals surface area (Å²) in [6.07, 6.45) is 4.75. The van der Waals surface area contributed by atoms with Crippen molar-refractivity contribution in [3.05, 3.63) is 18.2 Å². The van der Waals surface area contributed by atoms with Crippen molar-refractivity contribution < 1.29 is 4.79 Å². The summed E-state index contributed by atoms with van der Waals surface area (Å²) in [4.78, 5) is 16.4. The van der Waals surface area contributed by atoms with Crippen molar-refractivity contribution >= 4 is 44.9 Å². The van der Waals surface area contributed by atoms with Crippen LogP contribution in [0.4, 0.5) is 5.69 Å². The van der Waals surface area contributed by atoms with E-state index >= 15 is 0 Å². The zero-order valence-electron chi connectivity index (χ0n) is 11.3. The molecule has 1 saturated carbocycles. The van der Waals surface area contributed by atoms with Crippen molar-refractivity contribution in [1.82, 2.24) is 4.98 Å². The predicted molar refractivity (Wildman–Crippen MR) is 85.3 cm³/mol. The fraction of sp³-hybridized carbons (Fsp3) is 0.429. The van der Waals surface area contributed by atoms with E-state index in [4.69, 9.17) is 5.73 Å². The Morgan fingerprint density at radius 1 is 1.60 bits per heavy atom. The molecule has 6 heteroatoms. The largest absolute Gasteiger partial charge is 0.327 e. The van der Waals surface area contributed by atoms with E-state index in [0.29, 0.717) is 12.3 Å². The maximum Gasteiger partial charge on any atom is 0.225 e. The molecule has 1 aromatic carbocycles. The van der Waals surface area contributed by atoms with Crippen LogP contribution in [0.5, 0.6) is 0 Å². The monoisotopic (exact) mass is 307 g/mol. The smallest absolute Gasteiger partial charge is 0.225 e. The number of thioether (sulfide) groups is 1. The molecule has 0 radical (unpaired) electrons. The zero-order chi connectivity index (χ0) is 14.1. The molecule has 1 aliphatic rings. The number of thiazole rings is 1. The number of carbonyl (C=O) groups is 1. The van der Waals surface area contributed by atoms with Crippen LogP contribution in [0.15, 0.2) is 22.5 Å². The van der Waals surface area contributed by atoms with Crippen LogP contribution in [0.1, 0.15) is 19.3 Å². The van der Waals surface area contributed by atoms with Crippen molar-refractivity contribution in [2.75, 3.05) is 11.6 Å². The number of rotatable bonds is 5. The minimum Gasteiger partial charge on any atom is -0.327 e. The lowest BCUT2D eigenvalue weighted by Gasteiger charge is -2.10. The Labute approximate surface area is 126 Å². The first kappa shape index (κ1) is 13.9. The molecule has 0 aliphatic heterocycles. The molecule has 1 fully saturated rings.